The first-order valence-corrected chi connectivity index (χ1v) is 19.2. The van der Waals surface area contributed by atoms with Crippen molar-refractivity contribution in [3.8, 4) is 22.8 Å². The monoisotopic (exact) mass is 749 g/mol. The highest BCUT2D eigenvalue weighted by atomic mass is 32.2. The zero-order chi connectivity index (χ0) is 38.9. The van der Waals surface area contributed by atoms with Crippen LogP contribution in [-0.2, 0) is 29.1 Å². The maximum absolute atomic E-state index is 14.4. The number of alkyl carbamates (subject to hydrolysis) is 1. The van der Waals surface area contributed by atoms with Crippen LogP contribution in [0.1, 0.15) is 47.5 Å². The minimum Gasteiger partial charge on any atom is -0.497 e. The molecule has 1 saturated carbocycles. The van der Waals surface area contributed by atoms with Crippen LogP contribution < -0.4 is 24.8 Å². The van der Waals surface area contributed by atoms with Crippen LogP contribution in [0, 0.1) is 11.8 Å². The molecule has 53 heavy (non-hydrogen) atoms. The summed E-state index contributed by atoms with van der Waals surface area (Å²) < 4.78 is 43.4. The average molecular weight is 750 g/mol. The number of carbonyl (C=O) groups is 4. The fourth-order valence-corrected chi connectivity index (χ4v) is 6.95. The molecule has 5 atom stereocenters. The third-order valence-corrected chi connectivity index (χ3v) is 9.68. The van der Waals surface area contributed by atoms with Gasteiger partial charge in [0.25, 0.3) is 5.91 Å². The van der Waals surface area contributed by atoms with E-state index < -0.39 is 75.0 Å². The molecule has 5 rings (SSSR count). The number of nitrogens with one attached hydrogen (secondary N) is 3. The number of ether oxygens (including phenoxy) is 3. The van der Waals surface area contributed by atoms with E-state index in [2.05, 4.69) is 17.2 Å². The summed E-state index contributed by atoms with van der Waals surface area (Å²) in [7, 11) is -2.39. The van der Waals surface area contributed by atoms with E-state index in [-0.39, 0.29) is 19.4 Å². The molecule has 284 valence electrons. The highest BCUT2D eigenvalue weighted by Crippen LogP contribution is 2.45. The van der Waals surface area contributed by atoms with Crippen molar-refractivity contribution in [2.24, 2.45) is 11.8 Å². The first-order chi connectivity index (χ1) is 24.8. The van der Waals surface area contributed by atoms with E-state index in [1.165, 1.54) is 11.0 Å². The lowest BCUT2D eigenvalue weighted by Gasteiger charge is -2.31. The Morgan fingerprint density at radius 1 is 1.08 bits per heavy atom. The van der Waals surface area contributed by atoms with E-state index in [0.29, 0.717) is 28.1 Å². The number of carbonyl (C=O) groups excluding carboxylic acids is 4. The molecular formula is C38H47N5O9S. The molecule has 0 spiro atoms. The Balaban J connectivity index is 1.50. The Labute approximate surface area is 309 Å². The standard InChI is InChI=1S/C38H47N5O9S/c1-9-24-20-38(24,35(46)42-53(8,48)49)41-33(44)30-18-26(21-43(30)34(45)32(22(2)3)40-36(47)52-37(4,5)6)51-31-19-28(23-13-11-10-12-14-23)39-29-17-25(50-7)15-16-27(29)31/h9-17,19,22,24,26,30,32H,1,18,20-21H2,2-8H3,(H,40,47)(H,41,44)(H,42,46). The molecule has 1 aromatic heterocycles. The Morgan fingerprint density at radius 3 is 2.36 bits per heavy atom. The third-order valence-electron chi connectivity index (χ3n) is 9.12. The fraction of sp³-hybridized carbons (Fsp3) is 0.447. The highest BCUT2D eigenvalue weighted by Gasteiger charge is 2.61. The minimum atomic E-state index is -3.95. The van der Waals surface area contributed by atoms with Crippen molar-refractivity contribution in [1.82, 2.24) is 25.2 Å². The molecule has 0 radical (unpaired) electrons. The molecule has 1 aliphatic heterocycles. The first kappa shape index (κ1) is 39.0. The lowest BCUT2D eigenvalue weighted by Crippen LogP contribution is -2.59. The fourth-order valence-electron chi connectivity index (χ4n) is 6.44. The van der Waals surface area contributed by atoms with Gasteiger partial charge in [0.1, 0.15) is 40.8 Å². The van der Waals surface area contributed by atoms with Gasteiger partial charge in [-0.1, -0.05) is 50.3 Å². The van der Waals surface area contributed by atoms with Crippen molar-refractivity contribution in [2.75, 3.05) is 19.9 Å². The van der Waals surface area contributed by atoms with Crippen LogP contribution in [0.4, 0.5) is 4.79 Å². The minimum absolute atomic E-state index is 0.0119. The molecule has 3 N–H and O–H groups in total. The smallest absolute Gasteiger partial charge is 0.408 e. The Morgan fingerprint density at radius 2 is 1.77 bits per heavy atom. The van der Waals surface area contributed by atoms with Crippen molar-refractivity contribution in [3.63, 3.8) is 0 Å². The van der Waals surface area contributed by atoms with Gasteiger partial charge in [-0.2, -0.15) is 0 Å². The van der Waals surface area contributed by atoms with Crippen LogP contribution in [0.25, 0.3) is 22.2 Å². The van der Waals surface area contributed by atoms with Gasteiger partial charge in [-0.15, -0.1) is 6.58 Å². The second-order valence-corrected chi connectivity index (χ2v) is 16.6. The van der Waals surface area contributed by atoms with E-state index >= 15 is 0 Å². The zero-order valence-corrected chi connectivity index (χ0v) is 31.8. The number of hydrogen-bond acceptors (Lipinski definition) is 10. The van der Waals surface area contributed by atoms with E-state index in [0.717, 1.165) is 11.8 Å². The van der Waals surface area contributed by atoms with E-state index in [4.69, 9.17) is 19.2 Å². The molecule has 2 fully saturated rings. The van der Waals surface area contributed by atoms with Gasteiger partial charge in [-0.25, -0.2) is 18.2 Å². The first-order valence-electron chi connectivity index (χ1n) is 17.3. The number of hydrogen-bond donors (Lipinski definition) is 3. The number of amides is 4. The maximum atomic E-state index is 14.4. The number of aromatic nitrogens is 1. The second-order valence-electron chi connectivity index (χ2n) is 14.8. The summed E-state index contributed by atoms with van der Waals surface area (Å²) in [6.45, 7) is 12.3. The topological polar surface area (TPSA) is 182 Å². The number of methoxy groups -OCH3 is 1. The van der Waals surface area contributed by atoms with Crippen molar-refractivity contribution in [1.29, 1.82) is 0 Å². The number of benzene rings is 2. The normalized spacial score (nSPS) is 21.7. The quantitative estimate of drug-likeness (QED) is 0.230. The molecule has 3 aromatic rings. The van der Waals surface area contributed by atoms with Crippen molar-refractivity contribution < 1.29 is 41.8 Å². The number of rotatable bonds is 12. The van der Waals surface area contributed by atoms with Crippen LogP contribution in [0.3, 0.4) is 0 Å². The van der Waals surface area contributed by atoms with Gasteiger partial charge >= 0.3 is 6.09 Å². The van der Waals surface area contributed by atoms with Crippen LogP contribution in [0.5, 0.6) is 11.5 Å². The molecule has 1 saturated heterocycles. The van der Waals surface area contributed by atoms with Gasteiger partial charge < -0.3 is 29.7 Å². The molecule has 15 heteroatoms. The Kier molecular flexibility index (Phi) is 11.1. The van der Waals surface area contributed by atoms with E-state index in [9.17, 15) is 27.6 Å². The van der Waals surface area contributed by atoms with Crippen LogP contribution in [-0.4, -0.2) is 91.4 Å². The number of likely N-dealkylation sites (tertiary alicyclic amines) is 1. The molecule has 2 aromatic carbocycles. The average Bonchev–Trinajstić information content (AvgIpc) is 3.64. The number of sulfonamides is 1. The van der Waals surface area contributed by atoms with Gasteiger partial charge in [-0.3, -0.25) is 19.1 Å². The summed E-state index contributed by atoms with van der Waals surface area (Å²) in [5.74, 6) is -2.05. The molecule has 4 amide bonds. The van der Waals surface area contributed by atoms with E-state index in [1.54, 1.807) is 59.9 Å². The molecule has 0 bridgehead atoms. The predicted molar refractivity (Wildman–Crippen MR) is 198 cm³/mol. The molecule has 2 heterocycles. The molecule has 2 aliphatic rings. The lowest BCUT2D eigenvalue weighted by atomic mass is 10.0. The summed E-state index contributed by atoms with van der Waals surface area (Å²) >= 11 is 0. The molecule has 5 unspecified atom stereocenters. The predicted octanol–water partition coefficient (Wildman–Crippen LogP) is 3.94. The lowest BCUT2D eigenvalue weighted by molar-refractivity contribution is -0.141. The zero-order valence-electron chi connectivity index (χ0n) is 31.0. The summed E-state index contributed by atoms with van der Waals surface area (Å²) in [5, 5.41) is 6.08. The summed E-state index contributed by atoms with van der Waals surface area (Å²) in [5.41, 5.74) is -0.329. The Bertz CT molecular complexity index is 2020. The van der Waals surface area contributed by atoms with Crippen LogP contribution in [0.2, 0.25) is 0 Å². The number of fused-ring (bicyclic) bond motifs is 1. The van der Waals surface area contributed by atoms with Crippen LogP contribution in [0.15, 0.2) is 67.3 Å². The van der Waals surface area contributed by atoms with E-state index in [1.807, 2.05) is 41.1 Å². The summed E-state index contributed by atoms with van der Waals surface area (Å²) in [4.78, 5) is 60.8. The number of nitrogens with zero attached hydrogens (tertiary/aromatic N) is 2. The maximum Gasteiger partial charge on any atom is 0.408 e. The molecule has 1 aliphatic carbocycles. The van der Waals surface area contributed by atoms with Crippen LogP contribution >= 0.6 is 0 Å². The molecule has 14 nitrogen and oxygen atoms in total. The van der Waals surface area contributed by atoms with Gasteiger partial charge in [0.2, 0.25) is 21.8 Å². The largest absolute Gasteiger partial charge is 0.497 e. The van der Waals surface area contributed by atoms with Crippen molar-refractivity contribution in [3.05, 3.63) is 67.3 Å². The second kappa shape index (κ2) is 15.0. The van der Waals surface area contributed by atoms with Gasteiger partial charge in [0.15, 0.2) is 0 Å². The third kappa shape index (κ3) is 9.07. The van der Waals surface area contributed by atoms with Crippen molar-refractivity contribution >= 4 is 44.7 Å². The van der Waals surface area contributed by atoms with Gasteiger partial charge in [-0.05, 0) is 45.2 Å². The summed E-state index contributed by atoms with van der Waals surface area (Å²) in [6, 6.07) is 14.5. The highest BCUT2D eigenvalue weighted by molar-refractivity contribution is 7.89. The molecular weight excluding hydrogens is 703 g/mol. The SMILES string of the molecule is C=CC1CC1(NC(=O)C1CC(Oc2cc(-c3ccccc3)nc3cc(OC)ccc23)CN1C(=O)C(NC(=O)OC(C)(C)C)C(C)C)C(=O)NS(C)(=O)=O. The van der Waals surface area contributed by atoms with Gasteiger partial charge in [0, 0.05) is 35.4 Å². The summed E-state index contributed by atoms with van der Waals surface area (Å²) in [6.07, 6.45) is 0.921. The number of pyridine rings is 1. The Hall–Kier alpha value is -5.18. The van der Waals surface area contributed by atoms with Gasteiger partial charge in [0.05, 0.1) is 31.1 Å². The van der Waals surface area contributed by atoms with Crippen molar-refractivity contribution in [2.45, 2.75) is 76.8 Å².